The van der Waals surface area contributed by atoms with Crippen LogP contribution in [-0.2, 0) is 4.79 Å². The van der Waals surface area contributed by atoms with Gasteiger partial charge in [-0.25, -0.2) is 0 Å². The molecule has 6 nitrogen and oxygen atoms in total. The molecule has 6 heteroatoms. The van der Waals surface area contributed by atoms with E-state index in [1.165, 1.54) is 0 Å². The van der Waals surface area contributed by atoms with Crippen LogP contribution < -0.4 is 9.47 Å². The normalized spacial score (nSPS) is 19.2. The number of likely N-dealkylation sites (tertiary alicyclic amines) is 1. The van der Waals surface area contributed by atoms with Crippen molar-refractivity contribution in [3.05, 3.63) is 47.9 Å². The summed E-state index contributed by atoms with van der Waals surface area (Å²) < 4.78 is 16.5. The molecule has 3 rings (SSSR count). The SMILES string of the molecule is COc1ccc(OC)c(C(c2ccco2)N2CCCC2C(=O)O)c1. The van der Waals surface area contributed by atoms with Gasteiger partial charge in [-0.2, -0.15) is 0 Å². The first-order chi connectivity index (χ1) is 11.7. The number of methoxy groups -OCH3 is 2. The zero-order valence-corrected chi connectivity index (χ0v) is 13.8. The van der Waals surface area contributed by atoms with Crippen molar-refractivity contribution in [3.8, 4) is 11.5 Å². The van der Waals surface area contributed by atoms with E-state index in [4.69, 9.17) is 13.9 Å². The summed E-state index contributed by atoms with van der Waals surface area (Å²) in [7, 11) is 3.20. The molecule has 0 spiro atoms. The predicted octanol–water partition coefficient (Wildman–Crippen LogP) is 2.94. The first-order valence-electron chi connectivity index (χ1n) is 7.89. The zero-order valence-electron chi connectivity index (χ0n) is 13.8. The van der Waals surface area contributed by atoms with Crippen molar-refractivity contribution in [2.75, 3.05) is 20.8 Å². The van der Waals surface area contributed by atoms with Gasteiger partial charge in [0.2, 0.25) is 0 Å². The molecule has 2 atom stereocenters. The fraction of sp³-hybridized carbons (Fsp3) is 0.389. The number of carboxylic acid groups (broad SMARTS) is 1. The summed E-state index contributed by atoms with van der Waals surface area (Å²) >= 11 is 0. The Labute approximate surface area is 140 Å². The highest BCUT2D eigenvalue weighted by Gasteiger charge is 2.39. The minimum atomic E-state index is -0.814. The molecule has 1 aliphatic heterocycles. The summed E-state index contributed by atoms with van der Waals surface area (Å²) in [6, 6.07) is 8.31. The van der Waals surface area contributed by atoms with Crippen molar-refractivity contribution in [2.45, 2.75) is 24.9 Å². The molecule has 0 amide bonds. The van der Waals surface area contributed by atoms with Gasteiger partial charge < -0.3 is 19.0 Å². The smallest absolute Gasteiger partial charge is 0.320 e. The Morgan fingerprint density at radius 2 is 2.17 bits per heavy atom. The van der Waals surface area contributed by atoms with Gasteiger partial charge in [-0.05, 0) is 43.2 Å². The highest BCUT2D eigenvalue weighted by atomic mass is 16.5. The van der Waals surface area contributed by atoms with E-state index in [2.05, 4.69) is 0 Å². The van der Waals surface area contributed by atoms with Crippen molar-refractivity contribution in [1.82, 2.24) is 4.90 Å². The third-order valence-electron chi connectivity index (χ3n) is 4.46. The summed E-state index contributed by atoms with van der Waals surface area (Å²) in [5.74, 6) is 1.24. The van der Waals surface area contributed by atoms with Crippen LogP contribution in [0.5, 0.6) is 11.5 Å². The molecule has 2 heterocycles. The Bertz CT molecular complexity index is 697. The monoisotopic (exact) mass is 331 g/mol. The van der Waals surface area contributed by atoms with E-state index in [1.807, 2.05) is 29.2 Å². The lowest BCUT2D eigenvalue weighted by Crippen LogP contribution is -2.39. The molecule has 1 N–H and O–H groups in total. The number of aliphatic carboxylic acids is 1. The Morgan fingerprint density at radius 1 is 1.33 bits per heavy atom. The number of benzene rings is 1. The standard InChI is InChI=1S/C18H21NO5/c1-22-12-7-8-15(23-2)13(11-12)17(16-6-4-10-24-16)19-9-3-5-14(19)18(20)21/h4,6-8,10-11,14,17H,3,5,9H2,1-2H3,(H,20,21). The number of ether oxygens (including phenoxy) is 2. The van der Waals surface area contributed by atoms with Crippen molar-refractivity contribution in [3.63, 3.8) is 0 Å². The van der Waals surface area contributed by atoms with Crippen molar-refractivity contribution in [2.24, 2.45) is 0 Å². The molecule has 0 radical (unpaired) electrons. The van der Waals surface area contributed by atoms with E-state index in [0.29, 0.717) is 30.2 Å². The van der Waals surface area contributed by atoms with Gasteiger partial charge in [0.25, 0.3) is 0 Å². The number of furan rings is 1. The summed E-state index contributed by atoms with van der Waals surface area (Å²) in [5, 5.41) is 9.58. The molecule has 24 heavy (non-hydrogen) atoms. The summed E-state index contributed by atoms with van der Waals surface area (Å²) in [4.78, 5) is 13.6. The topological polar surface area (TPSA) is 72.1 Å². The first kappa shape index (κ1) is 16.4. The molecule has 1 saturated heterocycles. The summed E-state index contributed by atoms with van der Waals surface area (Å²) in [6.07, 6.45) is 3.06. The fourth-order valence-corrected chi connectivity index (χ4v) is 3.36. The van der Waals surface area contributed by atoms with Crippen molar-refractivity contribution >= 4 is 5.97 Å². The van der Waals surface area contributed by atoms with Crippen molar-refractivity contribution in [1.29, 1.82) is 0 Å². The maximum absolute atomic E-state index is 11.7. The lowest BCUT2D eigenvalue weighted by molar-refractivity contribution is -0.142. The van der Waals surface area contributed by atoms with Crippen LogP contribution >= 0.6 is 0 Å². The Kier molecular flexibility index (Phi) is 4.76. The van der Waals surface area contributed by atoms with Crippen LogP contribution in [0.1, 0.15) is 30.2 Å². The molecular weight excluding hydrogens is 310 g/mol. The van der Waals surface area contributed by atoms with Crippen LogP contribution in [0.3, 0.4) is 0 Å². The lowest BCUT2D eigenvalue weighted by atomic mass is 10.00. The van der Waals surface area contributed by atoms with Crippen LogP contribution in [0.25, 0.3) is 0 Å². The Morgan fingerprint density at radius 3 is 2.79 bits per heavy atom. The third-order valence-corrected chi connectivity index (χ3v) is 4.46. The van der Waals surface area contributed by atoms with Gasteiger partial charge in [0, 0.05) is 12.1 Å². The predicted molar refractivity (Wildman–Crippen MR) is 87.5 cm³/mol. The number of carboxylic acids is 1. The van der Waals surface area contributed by atoms with Gasteiger partial charge >= 0.3 is 5.97 Å². The maximum Gasteiger partial charge on any atom is 0.320 e. The van der Waals surface area contributed by atoms with E-state index in [9.17, 15) is 9.90 Å². The minimum Gasteiger partial charge on any atom is -0.497 e. The van der Waals surface area contributed by atoms with E-state index in [-0.39, 0.29) is 6.04 Å². The average molecular weight is 331 g/mol. The summed E-state index contributed by atoms with van der Waals surface area (Å²) in [5.41, 5.74) is 0.833. The zero-order chi connectivity index (χ0) is 17.1. The molecule has 0 bridgehead atoms. The second-order valence-corrected chi connectivity index (χ2v) is 5.76. The minimum absolute atomic E-state index is 0.339. The second kappa shape index (κ2) is 6.97. The Hall–Kier alpha value is -2.47. The number of hydrogen-bond acceptors (Lipinski definition) is 5. The van der Waals surface area contributed by atoms with Crippen LogP contribution in [0.4, 0.5) is 0 Å². The van der Waals surface area contributed by atoms with Gasteiger partial charge in [-0.1, -0.05) is 0 Å². The number of carbonyl (C=O) groups is 1. The largest absolute Gasteiger partial charge is 0.497 e. The van der Waals surface area contributed by atoms with Crippen molar-refractivity contribution < 1.29 is 23.8 Å². The van der Waals surface area contributed by atoms with Crippen LogP contribution in [0.2, 0.25) is 0 Å². The van der Waals surface area contributed by atoms with Gasteiger partial charge in [-0.15, -0.1) is 0 Å². The molecule has 1 aliphatic rings. The molecule has 2 unspecified atom stereocenters. The van der Waals surface area contributed by atoms with E-state index in [0.717, 1.165) is 12.0 Å². The average Bonchev–Trinajstić information content (AvgIpc) is 3.27. The number of hydrogen-bond donors (Lipinski definition) is 1. The third kappa shape index (κ3) is 2.97. The molecule has 1 fully saturated rings. The van der Waals surface area contributed by atoms with E-state index in [1.54, 1.807) is 26.5 Å². The van der Waals surface area contributed by atoms with Gasteiger partial charge in [0.1, 0.15) is 23.3 Å². The number of rotatable bonds is 6. The van der Waals surface area contributed by atoms with Crippen LogP contribution in [-0.4, -0.2) is 42.8 Å². The molecule has 1 aromatic heterocycles. The fourth-order valence-electron chi connectivity index (χ4n) is 3.36. The molecule has 0 saturated carbocycles. The van der Waals surface area contributed by atoms with Crippen LogP contribution in [0.15, 0.2) is 41.0 Å². The number of nitrogens with zero attached hydrogens (tertiary/aromatic N) is 1. The first-order valence-corrected chi connectivity index (χ1v) is 7.89. The molecular formula is C18H21NO5. The van der Waals surface area contributed by atoms with Gasteiger partial charge in [0.15, 0.2) is 0 Å². The maximum atomic E-state index is 11.7. The molecule has 0 aliphatic carbocycles. The van der Waals surface area contributed by atoms with Gasteiger partial charge in [-0.3, -0.25) is 9.69 Å². The van der Waals surface area contributed by atoms with Gasteiger partial charge in [0.05, 0.1) is 26.5 Å². The second-order valence-electron chi connectivity index (χ2n) is 5.76. The summed E-state index contributed by atoms with van der Waals surface area (Å²) in [6.45, 7) is 0.683. The lowest BCUT2D eigenvalue weighted by Gasteiger charge is -2.31. The Balaban J connectivity index is 2.11. The highest BCUT2D eigenvalue weighted by molar-refractivity contribution is 5.74. The quantitative estimate of drug-likeness (QED) is 0.877. The molecule has 2 aromatic rings. The van der Waals surface area contributed by atoms with E-state index >= 15 is 0 Å². The molecule has 128 valence electrons. The highest BCUT2D eigenvalue weighted by Crippen LogP contribution is 2.40. The van der Waals surface area contributed by atoms with E-state index < -0.39 is 12.0 Å². The van der Waals surface area contributed by atoms with Crippen LogP contribution in [0, 0.1) is 0 Å². The molecule has 1 aromatic carbocycles.